The third-order valence-corrected chi connectivity index (χ3v) is 2.13. The average Bonchev–Trinajstić information content (AvgIpc) is 2.01. The van der Waals surface area contributed by atoms with Crippen LogP contribution in [0.3, 0.4) is 0 Å². The van der Waals surface area contributed by atoms with E-state index in [4.69, 9.17) is 0 Å². The summed E-state index contributed by atoms with van der Waals surface area (Å²) in [6.07, 6.45) is 1.62. The molecular weight excluding hydrogens is 224 g/mol. The molecule has 0 bridgehead atoms. The third kappa shape index (κ3) is 1.85. The van der Waals surface area contributed by atoms with Gasteiger partial charge in [-0.2, -0.15) is 3.59 Å². The van der Waals surface area contributed by atoms with Crippen LogP contribution in [0.5, 0.6) is 0 Å². The molecule has 12 heavy (non-hydrogen) atoms. The Balaban J connectivity index is 3.22. The highest BCUT2D eigenvalue weighted by Crippen LogP contribution is 1.92. The van der Waals surface area contributed by atoms with Crippen molar-refractivity contribution in [1.29, 1.82) is 0 Å². The van der Waals surface area contributed by atoms with Crippen LogP contribution in [0, 0.1) is 0 Å². The summed E-state index contributed by atoms with van der Waals surface area (Å²) < 4.78 is 0.867. The van der Waals surface area contributed by atoms with Crippen molar-refractivity contribution in [2.75, 3.05) is 0 Å². The second kappa shape index (κ2) is 3.71. The average molecular weight is 233 g/mol. The Labute approximate surface area is 77.6 Å². The normalized spacial score (nSPS) is 10.2. The quantitative estimate of drug-likeness (QED) is 0.815. The molecule has 0 saturated heterocycles. The molecule has 5 heteroatoms. The summed E-state index contributed by atoms with van der Waals surface area (Å²) in [5, 5.41) is 0. The minimum absolute atomic E-state index is 0.331. The Kier molecular flexibility index (Phi) is 2.86. The van der Waals surface area contributed by atoms with Crippen molar-refractivity contribution in [2.24, 2.45) is 0 Å². The van der Waals surface area contributed by atoms with E-state index in [1.54, 1.807) is 0 Å². The predicted molar refractivity (Wildman–Crippen MR) is 49.6 cm³/mol. The largest absolute Gasteiger partial charge is 0.338 e. The van der Waals surface area contributed by atoms with Gasteiger partial charge in [0.15, 0.2) is 0 Å². The molecule has 0 atom stereocenters. The molecule has 0 radical (unpaired) electrons. The zero-order chi connectivity index (χ0) is 9.14. The molecule has 0 saturated carbocycles. The minimum atomic E-state index is -0.425. The van der Waals surface area contributed by atoms with E-state index >= 15 is 0 Å². The van der Waals surface area contributed by atoms with Crippen molar-refractivity contribution >= 4 is 16.1 Å². The second-order valence-corrected chi connectivity index (χ2v) is 3.18. The first-order valence-corrected chi connectivity index (χ1v) is 4.37. The van der Waals surface area contributed by atoms with Crippen molar-refractivity contribution < 1.29 is 0 Å². The van der Waals surface area contributed by atoms with Crippen LogP contribution in [0.25, 0.3) is 0 Å². The Morgan fingerprint density at radius 3 is 2.75 bits per heavy atom. The molecule has 1 aromatic heterocycles. The van der Waals surface area contributed by atoms with Gasteiger partial charge in [0.05, 0.1) is 16.1 Å². The molecule has 4 nitrogen and oxygen atoms in total. The van der Waals surface area contributed by atoms with Gasteiger partial charge in [0.2, 0.25) is 0 Å². The SMILES string of the molecule is CCCc1cc(=O)n(Br)c(=O)[nH]1. The number of aromatic amines is 1. The molecule has 66 valence electrons. The van der Waals surface area contributed by atoms with Gasteiger partial charge >= 0.3 is 5.69 Å². The van der Waals surface area contributed by atoms with Crippen molar-refractivity contribution in [2.45, 2.75) is 19.8 Å². The number of H-pyrrole nitrogens is 1. The highest BCUT2D eigenvalue weighted by atomic mass is 79.9. The van der Waals surface area contributed by atoms with Crippen LogP contribution in [0.15, 0.2) is 15.7 Å². The molecule has 1 aromatic rings. The van der Waals surface area contributed by atoms with Crippen LogP contribution in [0.4, 0.5) is 0 Å². The molecule has 1 heterocycles. The second-order valence-electron chi connectivity index (χ2n) is 2.47. The number of hydrogen-bond acceptors (Lipinski definition) is 2. The molecule has 1 rings (SSSR count). The molecule has 0 spiro atoms. The standard InChI is InChI=1S/C7H9BrN2O2/c1-2-3-5-4-6(11)10(8)7(12)9-5/h4H,2-3H2,1H3,(H,9,12). The lowest BCUT2D eigenvalue weighted by Gasteiger charge is -1.97. The van der Waals surface area contributed by atoms with Gasteiger partial charge in [-0.15, -0.1) is 0 Å². The highest BCUT2D eigenvalue weighted by molar-refractivity contribution is 9.08. The molecule has 0 aliphatic carbocycles. The highest BCUT2D eigenvalue weighted by Gasteiger charge is 1.99. The fourth-order valence-electron chi connectivity index (χ4n) is 0.932. The molecule has 0 unspecified atom stereocenters. The van der Waals surface area contributed by atoms with Crippen LogP contribution >= 0.6 is 16.1 Å². The zero-order valence-electron chi connectivity index (χ0n) is 6.63. The third-order valence-electron chi connectivity index (χ3n) is 1.46. The van der Waals surface area contributed by atoms with E-state index in [2.05, 4.69) is 21.1 Å². The molecule has 0 aromatic carbocycles. The maximum Gasteiger partial charge on any atom is 0.338 e. The van der Waals surface area contributed by atoms with Gasteiger partial charge in [-0.1, -0.05) is 13.3 Å². The summed E-state index contributed by atoms with van der Waals surface area (Å²) in [6.45, 7) is 1.98. The van der Waals surface area contributed by atoms with Crippen LogP contribution < -0.4 is 11.2 Å². The topological polar surface area (TPSA) is 54.9 Å². The first-order valence-electron chi connectivity index (χ1n) is 3.66. The lowest BCUT2D eigenvalue weighted by Crippen LogP contribution is -2.29. The first-order chi connectivity index (χ1) is 5.65. The summed E-state index contributed by atoms with van der Waals surface area (Å²) >= 11 is 2.82. The number of hydrogen-bond donors (Lipinski definition) is 1. The summed E-state index contributed by atoms with van der Waals surface area (Å²) in [6, 6.07) is 1.42. The maximum absolute atomic E-state index is 11.0. The number of aryl methyl sites for hydroxylation is 1. The fourth-order valence-corrected chi connectivity index (χ4v) is 1.12. The van der Waals surface area contributed by atoms with E-state index in [0.29, 0.717) is 5.69 Å². The summed E-state index contributed by atoms with van der Waals surface area (Å²) in [5.74, 6) is 0. The molecular formula is C7H9BrN2O2. The Morgan fingerprint density at radius 1 is 1.58 bits per heavy atom. The van der Waals surface area contributed by atoms with Gasteiger partial charge in [0.25, 0.3) is 5.56 Å². The Morgan fingerprint density at radius 2 is 2.25 bits per heavy atom. The molecule has 0 amide bonds. The van der Waals surface area contributed by atoms with Gasteiger partial charge in [0.1, 0.15) is 0 Å². The van der Waals surface area contributed by atoms with Gasteiger partial charge in [0, 0.05) is 11.8 Å². The van der Waals surface area contributed by atoms with E-state index in [1.807, 2.05) is 6.92 Å². The summed E-state index contributed by atoms with van der Waals surface area (Å²) in [4.78, 5) is 24.6. The predicted octanol–water partition coefficient (Wildman–Crippen LogP) is 0.647. The smallest absolute Gasteiger partial charge is 0.310 e. The van der Waals surface area contributed by atoms with E-state index < -0.39 is 5.69 Å². The van der Waals surface area contributed by atoms with Crippen molar-refractivity contribution in [3.8, 4) is 0 Å². The lowest BCUT2D eigenvalue weighted by molar-refractivity contribution is 0.841. The monoisotopic (exact) mass is 232 g/mol. The molecule has 1 N–H and O–H groups in total. The first kappa shape index (κ1) is 9.25. The van der Waals surface area contributed by atoms with Crippen LogP contribution in [0.1, 0.15) is 19.0 Å². The maximum atomic E-state index is 11.0. The zero-order valence-corrected chi connectivity index (χ0v) is 8.22. The van der Waals surface area contributed by atoms with Crippen LogP contribution in [-0.2, 0) is 6.42 Å². The van der Waals surface area contributed by atoms with Crippen molar-refractivity contribution in [3.05, 3.63) is 32.6 Å². The van der Waals surface area contributed by atoms with Gasteiger partial charge in [-0.3, -0.25) is 4.79 Å². The molecule has 0 fully saturated rings. The Bertz CT molecular complexity index is 348. The van der Waals surface area contributed by atoms with Crippen molar-refractivity contribution in [3.63, 3.8) is 0 Å². The van der Waals surface area contributed by atoms with Gasteiger partial charge in [-0.25, -0.2) is 4.79 Å². The van der Waals surface area contributed by atoms with Crippen LogP contribution in [-0.4, -0.2) is 8.58 Å². The fraction of sp³-hybridized carbons (Fsp3) is 0.429. The molecule has 0 aliphatic rings. The van der Waals surface area contributed by atoms with Crippen molar-refractivity contribution in [1.82, 2.24) is 8.58 Å². The molecule has 0 aliphatic heterocycles. The number of nitrogens with zero attached hydrogens (tertiary/aromatic N) is 1. The lowest BCUT2D eigenvalue weighted by atomic mass is 10.2. The van der Waals surface area contributed by atoms with E-state index in [1.165, 1.54) is 6.07 Å². The number of aromatic nitrogens is 2. The number of nitrogens with one attached hydrogen (secondary N) is 1. The van der Waals surface area contributed by atoms with E-state index in [0.717, 1.165) is 16.4 Å². The van der Waals surface area contributed by atoms with Gasteiger partial charge < -0.3 is 4.98 Å². The van der Waals surface area contributed by atoms with Crippen LogP contribution in [0.2, 0.25) is 0 Å². The number of halogens is 1. The number of rotatable bonds is 2. The Hall–Kier alpha value is -0.840. The minimum Gasteiger partial charge on any atom is -0.310 e. The van der Waals surface area contributed by atoms with E-state index in [-0.39, 0.29) is 5.56 Å². The van der Waals surface area contributed by atoms with E-state index in [9.17, 15) is 9.59 Å². The van der Waals surface area contributed by atoms with Gasteiger partial charge in [-0.05, 0) is 6.42 Å². The summed E-state index contributed by atoms with van der Waals surface area (Å²) in [5.41, 5.74) is -0.0728. The summed E-state index contributed by atoms with van der Waals surface area (Å²) in [7, 11) is 0.